The first kappa shape index (κ1) is 22.9. The van der Waals surface area contributed by atoms with Gasteiger partial charge in [0.15, 0.2) is 17.2 Å². The highest BCUT2D eigenvalue weighted by molar-refractivity contribution is 5.89. The van der Waals surface area contributed by atoms with Gasteiger partial charge in [-0.15, -0.1) is 0 Å². The molecule has 0 atom stereocenters. The number of aromatic nitrogens is 4. The van der Waals surface area contributed by atoms with Gasteiger partial charge in [0.1, 0.15) is 11.2 Å². The van der Waals surface area contributed by atoms with Crippen molar-refractivity contribution in [2.45, 2.75) is 32.7 Å². The van der Waals surface area contributed by atoms with Gasteiger partial charge in [0.25, 0.3) is 0 Å². The van der Waals surface area contributed by atoms with Crippen molar-refractivity contribution in [3.8, 4) is 17.0 Å². The Kier molecular flexibility index (Phi) is 7.02. The van der Waals surface area contributed by atoms with Gasteiger partial charge >= 0.3 is 0 Å². The maximum absolute atomic E-state index is 14.5. The molecular formula is C23H29FN6O3. The number of nitrogens with zero attached hydrogens (tertiary/aromatic N) is 5. The van der Waals surface area contributed by atoms with Crippen LogP contribution >= 0.6 is 0 Å². The van der Waals surface area contributed by atoms with Crippen molar-refractivity contribution in [3.05, 3.63) is 30.3 Å². The summed E-state index contributed by atoms with van der Waals surface area (Å²) in [4.78, 5) is 27.7. The molecule has 0 saturated carbocycles. The van der Waals surface area contributed by atoms with Crippen LogP contribution in [0.2, 0.25) is 0 Å². The molecule has 1 amide bonds. The lowest BCUT2D eigenvalue weighted by Crippen LogP contribution is -2.37. The number of halogens is 1. The molecular weight excluding hydrogens is 427 g/mol. The van der Waals surface area contributed by atoms with E-state index in [0.717, 1.165) is 5.65 Å². The van der Waals surface area contributed by atoms with E-state index in [0.29, 0.717) is 61.9 Å². The van der Waals surface area contributed by atoms with E-state index in [2.05, 4.69) is 29.0 Å². The predicted octanol–water partition coefficient (Wildman–Crippen LogP) is 2.95. The van der Waals surface area contributed by atoms with E-state index in [9.17, 15) is 9.18 Å². The number of amides is 1. The average molecular weight is 457 g/mol. The van der Waals surface area contributed by atoms with Crippen LogP contribution in [0.1, 0.15) is 32.7 Å². The van der Waals surface area contributed by atoms with Crippen LogP contribution in [-0.2, 0) is 9.53 Å². The van der Waals surface area contributed by atoms with Crippen LogP contribution in [0.5, 0.6) is 5.75 Å². The summed E-state index contributed by atoms with van der Waals surface area (Å²) < 4.78 is 27.6. The van der Waals surface area contributed by atoms with Gasteiger partial charge in [0, 0.05) is 38.2 Å². The van der Waals surface area contributed by atoms with E-state index in [1.165, 1.54) is 6.07 Å². The number of rotatable bonds is 8. The van der Waals surface area contributed by atoms with Crippen molar-refractivity contribution >= 4 is 23.0 Å². The fraction of sp³-hybridized carbons (Fsp3) is 0.478. The second kappa shape index (κ2) is 10.1. The van der Waals surface area contributed by atoms with Crippen LogP contribution in [0, 0.1) is 5.82 Å². The topological polar surface area (TPSA) is 94.4 Å². The molecule has 4 rings (SSSR count). The normalized spacial score (nSPS) is 14.2. The van der Waals surface area contributed by atoms with E-state index in [4.69, 9.17) is 19.4 Å². The second-order valence-electron chi connectivity index (χ2n) is 8.16. The van der Waals surface area contributed by atoms with Gasteiger partial charge in [-0.2, -0.15) is 4.98 Å². The van der Waals surface area contributed by atoms with Crippen molar-refractivity contribution in [1.29, 1.82) is 0 Å². The molecule has 2 aromatic heterocycles. The van der Waals surface area contributed by atoms with Crippen molar-refractivity contribution in [1.82, 2.24) is 24.8 Å². The van der Waals surface area contributed by atoms with Crippen LogP contribution in [0.3, 0.4) is 0 Å². The minimum Gasteiger partial charge on any atom is -0.490 e. The molecule has 3 aromatic rings. The van der Waals surface area contributed by atoms with E-state index in [1.54, 1.807) is 25.5 Å². The lowest BCUT2D eigenvalue weighted by molar-refractivity contribution is -0.120. The van der Waals surface area contributed by atoms with Gasteiger partial charge in [-0.05, 0) is 38.5 Å². The Bertz CT molecular complexity index is 1130. The maximum atomic E-state index is 14.5. The van der Waals surface area contributed by atoms with E-state index in [1.807, 2.05) is 4.57 Å². The molecule has 9 nitrogen and oxygen atoms in total. The van der Waals surface area contributed by atoms with Crippen molar-refractivity contribution in [2.75, 3.05) is 44.9 Å². The first-order valence-corrected chi connectivity index (χ1v) is 11.2. The average Bonchev–Trinajstić information content (AvgIpc) is 3.27. The van der Waals surface area contributed by atoms with Gasteiger partial charge in [0.05, 0.1) is 26.1 Å². The standard InChI is InChI=1S/C23H29FN6O3/c1-15(2)30-14-26-21-20(27-23(28-22(21)30)29-8-11-32-12-9-29)16-6-7-17(24)18(13-16)33-10-4-5-19(31)25-3/h6-7,13-15H,4-5,8-12H2,1-3H3,(H,25,31). The van der Waals surface area contributed by atoms with Crippen LogP contribution in [0.15, 0.2) is 24.5 Å². The van der Waals surface area contributed by atoms with Crippen molar-refractivity contribution in [2.24, 2.45) is 0 Å². The number of fused-ring (bicyclic) bond motifs is 1. The van der Waals surface area contributed by atoms with Crippen LogP contribution in [0.4, 0.5) is 10.3 Å². The van der Waals surface area contributed by atoms with E-state index >= 15 is 0 Å². The molecule has 10 heteroatoms. The fourth-order valence-corrected chi connectivity index (χ4v) is 3.69. The number of ether oxygens (including phenoxy) is 2. The summed E-state index contributed by atoms with van der Waals surface area (Å²) in [5.74, 6) is 0.172. The van der Waals surface area contributed by atoms with Gasteiger partial charge in [-0.3, -0.25) is 4.79 Å². The Morgan fingerprint density at radius 2 is 2.06 bits per heavy atom. The summed E-state index contributed by atoms with van der Waals surface area (Å²) in [5.41, 5.74) is 2.69. The Balaban J connectivity index is 1.70. The first-order chi connectivity index (χ1) is 16.0. The molecule has 3 heterocycles. The molecule has 1 aliphatic rings. The summed E-state index contributed by atoms with van der Waals surface area (Å²) in [6.45, 7) is 7.00. The minimum absolute atomic E-state index is 0.0763. The number of morpholine rings is 1. The van der Waals surface area contributed by atoms with E-state index < -0.39 is 5.82 Å². The third kappa shape index (κ3) is 5.05. The molecule has 33 heavy (non-hydrogen) atoms. The van der Waals surface area contributed by atoms with Gasteiger partial charge < -0.3 is 24.3 Å². The molecule has 0 radical (unpaired) electrons. The molecule has 1 aliphatic heterocycles. The summed E-state index contributed by atoms with van der Waals surface area (Å²) in [5, 5.41) is 2.56. The SMILES string of the molecule is CNC(=O)CCCOc1cc(-c2nc(N3CCOCC3)nc3c2ncn3C(C)C)ccc1F. The quantitative estimate of drug-likeness (QED) is 0.521. The highest BCUT2D eigenvalue weighted by Crippen LogP contribution is 2.32. The molecule has 0 aliphatic carbocycles. The zero-order valence-electron chi connectivity index (χ0n) is 19.2. The molecule has 1 N–H and O–H groups in total. The molecule has 1 saturated heterocycles. The Hall–Kier alpha value is -3.27. The number of imidazole rings is 1. The molecule has 1 fully saturated rings. The number of carbonyl (C=O) groups excluding carboxylic acids is 1. The van der Waals surface area contributed by atoms with Crippen LogP contribution < -0.4 is 15.0 Å². The first-order valence-electron chi connectivity index (χ1n) is 11.2. The second-order valence-corrected chi connectivity index (χ2v) is 8.16. The van der Waals surface area contributed by atoms with Crippen LogP contribution in [0.25, 0.3) is 22.4 Å². The highest BCUT2D eigenvalue weighted by atomic mass is 19.1. The Morgan fingerprint density at radius 1 is 1.27 bits per heavy atom. The lowest BCUT2D eigenvalue weighted by atomic mass is 10.1. The number of benzene rings is 1. The van der Waals surface area contributed by atoms with Crippen molar-refractivity contribution in [3.63, 3.8) is 0 Å². The monoisotopic (exact) mass is 456 g/mol. The van der Waals surface area contributed by atoms with E-state index in [-0.39, 0.29) is 24.3 Å². The summed E-state index contributed by atoms with van der Waals surface area (Å²) in [7, 11) is 1.58. The number of hydrogen-bond acceptors (Lipinski definition) is 7. The van der Waals surface area contributed by atoms with Gasteiger partial charge in [0.2, 0.25) is 11.9 Å². The summed E-state index contributed by atoms with van der Waals surface area (Å²) in [6.07, 6.45) is 2.57. The maximum Gasteiger partial charge on any atom is 0.228 e. The number of hydrogen-bond donors (Lipinski definition) is 1. The lowest BCUT2D eigenvalue weighted by Gasteiger charge is -2.27. The highest BCUT2D eigenvalue weighted by Gasteiger charge is 2.21. The summed E-state index contributed by atoms with van der Waals surface area (Å²) in [6, 6.07) is 4.84. The minimum atomic E-state index is -0.467. The zero-order chi connectivity index (χ0) is 23.4. The molecule has 0 bridgehead atoms. The smallest absolute Gasteiger partial charge is 0.228 e. The third-order valence-electron chi connectivity index (χ3n) is 5.55. The van der Waals surface area contributed by atoms with Gasteiger partial charge in [-0.25, -0.2) is 14.4 Å². The van der Waals surface area contributed by atoms with Crippen LogP contribution in [-0.4, -0.2) is 65.4 Å². The van der Waals surface area contributed by atoms with Gasteiger partial charge in [-0.1, -0.05) is 0 Å². The zero-order valence-corrected chi connectivity index (χ0v) is 19.2. The summed E-state index contributed by atoms with van der Waals surface area (Å²) >= 11 is 0. The molecule has 176 valence electrons. The molecule has 0 spiro atoms. The fourth-order valence-electron chi connectivity index (χ4n) is 3.69. The third-order valence-corrected chi connectivity index (χ3v) is 5.55. The predicted molar refractivity (Wildman–Crippen MR) is 123 cm³/mol. The Labute approximate surface area is 191 Å². The Morgan fingerprint density at radius 3 is 2.79 bits per heavy atom. The molecule has 1 aromatic carbocycles. The molecule has 0 unspecified atom stereocenters. The largest absolute Gasteiger partial charge is 0.490 e. The number of anilines is 1. The van der Waals surface area contributed by atoms with Crippen molar-refractivity contribution < 1.29 is 18.7 Å². The number of carbonyl (C=O) groups is 1. The number of nitrogens with one attached hydrogen (secondary N) is 1.